The van der Waals surface area contributed by atoms with Gasteiger partial charge >= 0.3 is 0 Å². The maximum absolute atomic E-state index is 11.9. The van der Waals surface area contributed by atoms with Crippen molar-refractivity contribution >= 4 is 23.2 Å². The second kappa shape index (κ2) is 8.06. The van der Waals surface area contributed by atoms with Crippen LogP contribution in [0.1, 0.15) is 47.2 Å². The molecule has 0 saturated heterocycles. The molecule has 1 unspecified atom stereocenters. The Balaban J connectivity index is 1.97. The fourth-order valence-corrected chi connectivity index (χ4v) is 3.37. The lowest BCUT2D eigenvalue weighted by Crippen LogP contribution is -2.43. The van der Waals surface area contributed by atoms with E-state index in [0.29, 0.717) is 11.6 Å². The number of aromatic nitrogens is 1. The van der Waals surface area contributed by atoms with E-state index in [-0.39, 0.29) is 23.2 Å². The molecule has 27 heavy (non-hydrogen) atoms. The second-order valence-electron chi connectivity index (χ2n) is 6.95. The average Bonchev–Trinajstić information content (AvgIpc) is 2.63. The van der Waals surface area contributed by atoms with Crippen molar-refractivity contribution in [2.24, 2.45) is 11.5 Å². The van der Waals surface area contributed by atoms with Gasteiger partial charge in [0, 0.05) is 17.8 Å². The molecule has 7 nitrogen and oxygen atoms in total. The first kappa shape index (κ1) is 18.7. The molecule has 0 bridgehead atoms. The summed E-state index contributed by atoms with van der Waals surface area (Å²) in [5, 5.41) is 15.9. The maximum Gasteiger partial charge on any atom is 0.252 e. The SMILES string of the molecule is Cc1cccc(Nc2nc(N[C@@H]3CCCCC3N)c(C#N)cc2C(N)=O)c1. The van der Waals surface area contributed by atoms with Crippen molar-refractivity contribution in [3.8, 4) is 6.07 Å². The first-order valence-corrected chi connectivity index (χ1v) is 9.08. The number of rotatable bonds is 5. The normalized spacial score (nSPS) is 19.1. The molecule has 1 amide bonds. The van der Waals surface area contributed by atoms with Crippen LogP contribution in [-0.4, -0.2) is 23.0 Å². The minimum atomic E-state index is -0.643. The van der Waals surface area contributed by atoms with Gasteiger partial charge in [-0.05, 0) is 43.5 Å². The van der Waals surface area contributed by atoms with Crippen LogP contribution in [-0.2, 0) is 0 Å². The second-order valence-corrected chi connectivity index (χ2v) is 6.95. The van der Waals surface area contributed by atoms with Crippen LogP contribution < -0.4 is 22.1 Å². The number of primary amides is 1. The zero-order valence-electron chi connectivity index (χ0n) is 15.3. The Hall–Kier alpha value is -3.11. The van der Waals surface area contributed by atoms with E-state index >= 15 is 0 Å². The summed E-state index contributed by atoms with van der Waals surface area (Å²) in [7, 11) is 0. The number of carbonyl (C=O) groups excluding carboxylic acids is 1. The van der Waals surface area contributed by atoms with Gasteiger partial charge in [0.15, 0.2) is 0 Å². The minimum absolute atomic E-state index is 0.0103. The molecule has 1 aliphatic rings. The van der Waals surface area contributed by atoms with Gasteiger partial charge in [-0.3, -0.25) is 4.79 Å². The van der Waals surface area contributed by atoms with Crippen LogP contribution >= 0.6 is 0 Å². The van der Waals surface area contributed by atoms with Crippen molar-refractivity contribution < 1.29 is 4.79 Å². The summed E-state index contributed by atoms with van der Waals surface area (Å²) in [5.74, 6) is 0.0917. The van der Waals surface area contributed by atoms with Gasteiger partial charge in [0.25, 0.3) is 5.91 Å². The predicted octanol–water partition coefficient (Wildman–Crippen LogP) is 2.79. The smallest absolute Gasteiger partial charge is 0.252 e. The van der Waals surface area contributed by atoms with Gasteiger partial charge in [0.05, 0.1) is 11.1 Å². The molecule has 1 aliphatic carbocycles. The van der Waals surface area contributed by atoms with E-state index in [9.17, 15) is 10.1 Å². The molecular weight excluding hydrogens is 340 g/mol. The number of hydrogen-bond acceptors (Lipinski definition) is 6. The minimum Gasteiger partial charge on any atom is -0.365 e. The van der Waals surface area contributed by atoms with Gasteiger partial charge in [-0.1, -0.05) is 25.0 Å². The van der Waals surface area contributed by atoms with Crippen molar-refractivity contribution in [3.05, 3.63) is 47.0 Å². The Kier molecular flexibility index (Phi) is 5.57. The van der Waals surface area contributed by atoms with E-state index in [1.54, 1.807) is 0 Å². The molecule has 1 fully saturated rings. The Morgan fingerprint density at radius 3 is 2.70 bits per heavy atom. The van der Waals surface area contributed by atoms with Crippen molar-refractivity contribution in [3.63, 3.8) is 0 Å². The molecular formula is C20H24N6O. The monoisotopic (exact) mass is 364 g/mol. The zero-order valence-corrected chi connectivity index (χ0v) is 15.3. The fourth-order valence-electron chi connectivity index (χ4n) is 3.37. The van der Waals surface area contributed by atoms with Crippen LogP contribution in [0.4, 0.5) is 17.3 Å². The summed E-state index contributed by atoms with van der Waals surface area (Å²) in [6, 6.07) is 11.3. The average molecular weight is 364 g/mol. The van der Waals surface area contributed by atoms with Crippen molar-refractivity contribution in [1.29, 1.82) is 5.26 Å². The third kappa shape index (κ3) is 4.36. The first-order valence-electron chi connectivity index (χ1n) is 9.08. The fraction of sp³-hybridized carbons (Fsp3) is 0.350. The standard InChI is InChI=1S/C20H24N6O/c1-12-5-4-6-14(9-12)24-20-15(18(23)27)10-13(11-21)19(26-20)25-17-8-3-2-7-16(17)22/h4-6,9-10,16-17H,2-3,7-8,22H2,1H3,(H2,23,27)(H2,24,25,26)/t16?,17-/m1/s1. The molecule has 2 atom stereocenters. The third-order valence-electron chi connectivity index (χ3n) is 4.83. The van der Waals surface area contributed by atoms with Gasteiger partial charge in [-0.15, -0.1) is 0 Å². The molecule has 2 aromatic rings. The van der Waals surface area contributed by atoms with Gasteiger partial charge in [-0.2, -0.15) is 5.26 Å². The van der Waals surface area contributed by atoms with E-state index in [4.69, 9.17) is 11.5 Å². The number of nitrogens with one attached hydrogen (secondary N) is 2. The van der Waals surface area contributed by atoms with Crippen LogP contribution in [0.15, 0.2) is 30.3 Å². The maximum atomic E-state index is 11.9. The number of benzene rings is 1. The number of aryl methyl sites for hydroxylation is 1. The summed E-state index contributed by atoms with van der Waals surface area (Å²) in [5.41, 5.74) is 14.0. The van der Waals surface area contributed by atoms with Gasteiger partial charge in [0.2, 0.25) is 0 Å². The summed E-state index contributed by atoms with van der Waals surface area (Å²) >= 11 is 0. The Bertz CT molecular complexity index is 889. The molecule has 1 saturated carbocycles. The molecule has 6 N–H and O–H groups in total. The van der Waals surface area contributed by atoms with E-state index < -0.39 is 5.91 Å². The molecule has 140 valence electrons. The van der Waals surface area contributed by atoms with Crippen LogP contribution in [0.2, 0.25) is 0 Å². The van der Waals surface area contributed by atoms with Gasteiger partial charge in [0.1, 0.15) is 17.7 Å². The highest BCUT2D eigenvalue weighted by atomic mass is 16.1. The summed E-state index contributed by atoms with van der Waals surface area (Å²) in [6.07, 6.45) is 4.05. The topological polar surface area (TPSA) is 130 Å². The van der Waals surface area contributed by atoms with E-state index in [2.05, 4.69) is 21.7 Å². The molecule has 1 heterocycles. The lowest BCUT2D eigenvalue weighted by molar-refractivity contribution is 0.100. The van der Waals surface area contributed by atoms with Crippen LogP contribution in [0.25, 0.3) is 0 Å². The number of hydrogen-bond donors (Lipinski definition) is 4. The molecule has 0 spiro atoms. The van der Waals surface area contributed by atoms with E-state index in [1.165, 1.54) is 6.07 Å². The van der Waals surface area contributed by atoms with Crippen LogP contribution in [0, 0.1) is 18.3 Å². The van der Waals surface area contributed by atoms with Gasteiger partial charge < -0.3 is 22.1 Å². The number of nitrogens with zero attached hydrogens (tertiary/aromatic N) is 2. The van der Waals surface area contributed by atoms with Gasteiger partial charge in [-0.25, -0.2) is 4.98 Å². The summed E-state index contributed by atoms with van der Waals surface area (Å²) < 4.78 is 0. The highest BCUT2D eigenvalue weighted by Crippen LogP contribution is 2.27. The van der Waals surface area contributed by atoms with E-state index in [1.807, 2.05) is 31.2 Å². The van der Waals surface area contributed by atoms with Crippen LogP contribution in [0.5, 0.6) is 0 Å². The van der Waals surface area contributed by atoms with E-state index in [0.717, 1.165) is 36.9 Å². The number of carbonyl (C=O) groups is 1. The number of nitrogens with two attached hydrogens (primary N) is 2. The number of nitriles is 1. The van der Waals surface area contributed by atoms with Crippen LogP contribution in [0.3, 0.4) is 0 Å². The molecule has 3 rings (SSSR count). The molecule has 1 aromatic carbocycles. The number of pyridine rings is 1. The third-order valence-corrected chi connectivity index (χ3v) is 4.83. The number of amides is 1. The Labute approximate surface area is 158 Å². The molecule has 7 heteroatoms. The highest BCUT2D eigenvalue weighted by Gasteiger charge is 2.24. The Morgan fingerprint density at radius 1 is 1.26 bits per heavy atom. The molecule has 1 aromatic heterocycles. The predicted molar refractivity (Wildman–Crippen MR) is 106 cm³/mol. The number of anilines is 3. The highest BCUT2D eigenvalue weighted by molar-refractivity contribution is 5.99. The lowest BCUT2D eigenvalue weighted by Gasteiger charge is -2.30. The summed E-state index contributed by atoms with van der Waals surface area (Å²) in [6.45, 7) is 1.98. The lowest BCUT2D eigenvalue weighted by atomic mass is 9.91. The largest absolute Gasteiger partial charge is 0.365 e. The zero-order chi connectivity index (χ0) is 19.4. The first-order chi connectivity index (χ1) is 13.0. The quantitative estimate of drug-likeness (QED) is 0.645. The van der Waals surface area contributed by atoms with Crippen molar-refractivity contribution in [1.82, 2.24) is 4.98 Å². The molecule has 0 aliphatic heterocycles. The van der Waals surface area contributed by atoms with Crippen molar-refractivity contribution in [2.75, 3.05) is 10.6 Å². The molecule has 0 radical (unpaired) electrons. The Morgan fingerprint density at radius 2 is 2.04 bits per heavy atom. The van der Waals surface area contributed by atoms with Crippen molar-refractivity contribution in [2.45, 2.75) is 44.7 Å². The summed E-state index contributed by atoms with van der Waals surface area (Å²) in [4.78, 5) is 16.4.